The monoisotopic (exact) mass is 223 g/mol. The summed E-state index contributed by atoms with van der Waals surface area (Å²) in [4.78, 5) is 16.3. The molecule has 0 spiro atoms. The third-order valence-corrected chi connectivity index (χ3v) is 2.81. The lowest BCUT2D eigenvalue weighted by Crippen LogP contribution is -1.99. The molecule has 3 rings (SSSR count). The van der Waals surface area contributed by atoms with Gasteiger partial charge in [0, 0.05) is 17.3 Å². The third kappa shape index (κ3) is 1.36. The number of aliphatic hydroxyl groups excluding tert-OH is 1. The van der Waals surface area contributed by atoms with Gasteiger partial charge in [0.1, 0.15) is 5.76 Å². The fourth-order valence-electron chi connectivity index (χ4n) is 2.01. The number of benzene rings is 1. The number of rotatable bonds is 1. The summed E-state index contributed by atoms with van der Waals surface area (Å²) in [6.45, 7) is 0. The number of ketones is 1. The lowest BCUT2D eigenvalue weighted by atomic mass is 10.1. The van der Waals surface area contributed by atoms with E-state index in [-0.39, 0.29) is 17.1 Å². The minimum Gasteiger partial charge on any atom is -0.506 e. The SMILES string of the molecule is O=C1C(c2ccccn2)=C(O)c2ccccc21. The van der Waals surface area contributed by atoms with Gasteiger partial charge in [0.15, 0.2) is 5.78 Å². The van der Waals surface area contributed by atoms with E-state index in [1.54, 1.807) is 48.7 Å². The van der Waals surface area contributed by atoms with E-state index in [2.05, 4.69) is 4.98 Å². The van der Waals surface area contributed by atoms with Crippen LogP contribution in [0.3, 0.4) is 0 Å². The van der Waals surface area contributed by atoms with Crippen molar-refractivity contribution >= 4 is 17.1 Å². The molecule has 1 aliphatic carbocycles. The Kier molecular flexibility index (Phi) is 2.05. The van der Waals surface area contributed by atoms with E-state index in [0.717, 1.165) is 0 Å². The maximum absolute atomic E-state index is 12.1. The molecule has 2 aromatic rings. The number of aromatic nitrogens is 1. The number of hydrogen-bond acceptors (Lipinski definition) is 3. The van der Waals surface area contributed by atoms with E-state index in [4.69, 9.17) is 0 Å². The molecule has 1 heterocycles. The first kappa shape index (κ1) is 9.78. The van der Waals surface area contributed by atoms with Gasteiger partial charge >= 0.3 is 0 Å². The van der Waals surface area contributed by atoms with Gasteiger partial charge in [-0.3, -0.25) is 9.78 Å². The molecule has 0 saturated carbocycles. The smallest absolute Gasteiger partial charge is 0.199 e. The molecule has 1 N–H and O–H groups in total. The van der Waals surface area contributed by atoms with E-state index >= 15 is 0 Å². The Labute approximate surface area is 98.1 Å². The largest absolute Gasteiger partial charge is 0.506 e. The fourth-order valence-corrected chi connectivity index (χ4v) is 2.01. The molecule has 0 radical (unpaired) electrons. The number of fused-ring (bicyclic) bond motifs is 1. The first-order valence-corrected chi connectivity index (χ1v) is 5.28. The Bertz CT molecular complexity index is 630. The van der Waals surface area contributed by atoms with Gasteiger partial charge in [-0.2, -0.15) is 0 Å². The molecule has 17 heavy (non-hydrogen) atoms. The molecule has 82 valence electrons. The van der Waals surface area contributed by atoms with Crippen molar-refractivity contribution in [2.45, 2.75) is 0 Å². The Hall–Kier alpha value is -2.42. The van der Waals surface area contributed by atoms with Crippen LogP contribution in [-0.4, -0.2) is 15.9 Å². The minimum atomic E-state index is -0.170. The van der Waals surface area contributed by atoms with Crippen LogP contribution in [0.2, 0.25) is 0 Å². The summed E-state index contributed by atoms with van der Waals surface area (Å²) in [5, 5.41) is 10.1. The zero-order valence-corrected chi connectivity index (χ0v) is 8.92. The molecule has 0 saturated heterocycles. The van der Waals surface area contributed by atoms with Gasteiger partial charge in [0.05, 0.1) is 11.3 Å². The van der Waals surface area contributed by atoms with Crippen LogP contribution < -0.4 is 0 Å². The maximum atomic E-state index is 12.1. The molecular formula is C14H9NO2. The van der Waals surface area contributed by atoms with Crippen molar-refractivity contribution in [2.75, 3.05) is 0 Å². The summed E-state index contributed by atoms with van der Waals surface area (Å²) in [7, 11) is 0. The number of carbonyl (C=O) groups is 1. The second-order valence-corrected chi connectivity index (χ2v) is 3.81. The van der Waals surface area contributed by atoms with Crippen molar-refractivity contribution in [1.29, 1.82) is 0 Å². The number of hydrogen-bond donors (Lipinski definition) is 1. The molecule has 0 aliphatic heterocycles. The van der Waals surface area contributed by atoms with E-state index in [9.17, 15) is 9.90 Å². The summed E-state index contributed by atoms with van der Waals surface area (Å²) in [5.74, 6) is -0.152. The minimum absolute atomic E-state index is 0.0179. The predicted octanol–water partition coefficient (Wildman–Crippen LogP) is 2.70. The Morgan fingerprint density at radius 3 is 2.29 bits per heavy atom. The molecule has 0 fully saturated rings. The summed E-state index contributed by atoms with van der Waals surface area (Å²) in [6.07, 6.45) is 1.60. The van der Waals surface area contributed by atoms with E-state index in [1.165, 1.54) is 0 Å². The molecule has 0 bridgehead atoms. The number of nitrogens with zero attached hydrogens (tertiary/aromatic N) is 1. The van der Waals surface area contributed by atoms with E-state index in [0.29, 0.717) is 16.8 Å². The number of allylic oxidation sites excluding steroid dienone is 1. The molecule has 0 amide bonds. The van der Waals surface area contributed by atoms with Crippen molar-refractivity contribution in [1.82, 2.24) is 4.98 Å². The molecule has 3 nitrogen and oxygen atoms in total. The van der Waals surface area contributed by atoms with Gasteiger partial charge < -0.3 is 5.11 Å². The number of carbonyl (C=O) groups excluding carboxylic acids is 1. The van der Waals surface area contributed by atoms with Gasteiger partial charge in [0.2, 0.25) is 0 Å². The number of aliphatic hydroxyl groups is 1. The third-order valence-electron chi connectivity index (χ3n) is 2.81. The quantitative estimate of drug-likeness (QED) is 0.808. The highest BCUT2D eigenvalue weighted by Crippen LogP contribution is 2.35. The molecular weight excluding hydrogens is 214 g/mol. The number of pyridine rings is 1. The van der Waals surface area contributed by atoms with Gasteiger partial charge in [-0.05, 0) is 12.1 Å². The molecule has 1 aliphatic rings. The van der Waals surface area contributed by atoms with Crippen molar-refractivity contribution < 1.29 is 9.90 Å². The van der Waals surface area contributed by atoms with Crippen molar-refractivity contribution in [3.8, 4) is 0 Å². The standard InChI is InChI=1S/C14H9NO2/c16-13-9-5-1-2-6-10(9)14(17)12(13)11-7-3-4-8-15-11/h1-8,16H. The molecule has 0 unspecified atom stereocenters. The molecule has 1 aromatic carbocycles. The number of Topliss-reactive ketones (excluding diaryl/α,β-unsaturated/α-hetero) is 1. The van der Waals surface area contributed by atoms with Crippen LogP contribution in [0.1, 0.15) is 21.6 Å². The highest BCUT2D eigenvalue weighted by atomic mass is 16.3. The van der Waals surface area contributed by atoms with Crippen LogP contribution in [-0.2, 0) is 0 Å². The van der Waals surface area contributed by atoms with E-state index < -0.39 is 0 Å². The van der Waals surface area contributed by atoms with Gasteiger partial charge in [-0.25, -0.2) is 0 Å². The molecule has 1 aromatic heterocycles. The topological polar surface area (TPSA) is 50.2 Å². The van der Waals surface area contributed by atoms with Crippen LogP contribution in [0.15, 0.2) is 48.7 Å². The van der Waals surface area contributed by atoms with Crippen molar-refractivity contribution in [3.63, 3.8) is 0 Å². The second kappa shape index (κ2) is 3.56. The van der Waals surface area contributed by atoms with Crippen LogP contribution >= 0.6 is 0 Å². The van der Waals surface area contributed by atoms with Gasteiger partial charge in [0.25, 0.3) is 0 Å². The van der Waals surface area contributed by atoms with Crippen LogP contribution in [0, 0.1) is 0 Å². The zero-order valence-electron chi connectivity index (χ0n) is 8.92. The summed E-state index contributed by atoms with van der Waals surface area (Å²) < 4.78 is 0. The lowest BCUT2D eigenvalue weighted by Gasteiger charge is -1.99. The normalized spacial score (nSPS) is 14.0. The van der Waals surface area contributed by atoms with Gasteiger partial charge in [-0.1, -0.05) is 30.3 Å². The lowest BCUT2D eigenvalue weighted by molar-refractivity contribution is 0.105. The summed E-state index contributed by atoms with van der Waals surface area (Å²) in [6, 6.07) is 12.3. The summed E-state index contributed by atoms with van der Waals surface area (Å²) >= 11 is 0. The van der Waals surface area contributed by atoms with E-state index in [1.807, 2.05) is 0 Å². The molecule has 0 atom stereocenters. The zero-order chi connectivity index (χ0) is 11.8. The van der Waals surface area contributed by atoms with Crippen LogP contribution in [0.4, 0.5) is 0 Å². The first-order valence-electron chi connectivity index (χ1n) is 5.28. The maximum Gasteiger partial charge on any atom is 0.199 e. The predicted molar refractivity (Wildman–Crippen MR) is 64.5 cm³/mol. The van der Waals surface area contributed by atoms with Gasteiger partial charge in [-0.15, -0.1) is 0 Å². The second-order valence-electron chi connectivity index (χ2n) is 3.81. The highest BCUT2D eigenvalue weighted by Gasteiger charge is 2.30. The average Bonchev–Trinajstić information content (AvgIpc) is 2.64. The van der Waals surface area contributed by atoms with Crippen LogP contribution in [0.25, 0.3) is 11.3 Å². The molecule has 3 heteroatoms. The average molecular weight is 223 g/mol. The fraction of sp³-hybridized carbons (Fsp3) is 0. The Balaban J connectivity index is 2.22. The highest BCUT2D eigenvalue weighted by molar-refractivity contribution is 6.38. The van der Waals surface area contributed by atoms with Crippen molar-refractivity contribution in [2.24, 2.45) is 0 Å². The first-order chi connectivity index (χ1) is 8.29. The summed E-state index contributed by atoms with van der Waals surface area (Å²) in [5.41, 5.74) is 1.90. The van der Waals surface area contributed by atoms with Crippen molar-refractivity contribution in [3.05, 3.63) is 65.5 Å². The Morgan fingerprint density at radius 1 is 0.941 bits per heavy atom. The Morgan fingerprint density at radius 2 is 1.65 bits per heavy atom. The van der Waals surface area contributed by atoms with Crippen LogP contribution in [0.5, 0.6) is 0 Å².